The van der Waals surface area contributed by atoms with Crippen LogP contribution in [0, 0.1) is 6.92 Å². The van der Waals surface area contributed by atoms with Gasteiger partial charge in [0.15, 0.2) is 0 Å². The molecule has 1 amide bonds. The highest BCUT2D eigenvalue weighted by atomic mass is 32.1. The summed E-state index contributed by atoms with van der Waals surface area (Å²) >= 11 is 2.85. The van der Waals surface area contributed by atoms with Gasteiger partial charge in [-0.15, -0.1) is 22.7 Å². The number of aromatic nitrogens is 1. The number of hydrogen-bond acceptors (Lipinski definition) is 6. The van der Waals surface area contributed by atoms with Gasteiger partial charge in [0, 0.05) is 18.8 Å². The summed E-state index contributed by atoms with van der Waals surface area (Å²) in [6.45, 7) is 2.75. The van der Waals surface area contributed by atoms with Crippen molar-refractivity contribution in [2.75, 3.05) is 18.0 Å². The molecule has 0 spiro atoms. The lowest BCUT2D eigenvalue weighted by atomic mass is 10.2. The highest BCUT2D eigenvalue weighted by molar-refractivity contribution is 7.22. The quantitative estimate of drug-likeness (QED) is 0.647. The molecule has 28 heavy (non-hydrogen) atoms. The lowest BCUT2D eigenvalue weighted by Gasteiger charge is -2.24. The van der Waals surface area contributed by atoms with Crippen LogP contribution >= 0.6 is 22.7 Å². The number of amides is 1. The van der Waals surface area contributed by atoms with E-state index in [1.54, 1.807) is 18.3 Å². The fraction of sp³-hybridized carbons (Fsp3) is 0.250. The van der Waals surface area contributed by atoms with Gasteiger partial charge in [0.05, 0.1) is 10.6 Å². The molecule has 1 aliphatic heterocycles. The van der Waals surface area contributed by atoms with Crippen molar-refractivity contribution in [3.63, 3.8) is 0 Å². The fourth-order valence-electron chi connectivity index (χ4n) is 3.34. The second-order valence-electron chi connectivity index (χ2n) is 6.60. The minimum absolute atomic E-state index is 0.230. The third kappa shape index (κ3) is 3.65. The van der Waals surface area contributed by atoms with Crippen molar-refractivity contribution in [1.29, 1.82) is 0 Å². The Kier molecular flexibility index (Phi) is 5.15. The lowest BCUT2D eigenvalue weighted by molar-refractivity contribution is -0.139. The van der Waals surface area contributed by atoms with Crippen LogP contribution in [-0.4, -0.2) is 41.1 Å². The summed E-state index contributed by atoms with van der Waals surface area (Å²) in [6, 6.07) is 10.9. The SMILES string of the molecule is Cc1nc(-c2cccs2)sc1C(=O)NC(CN1CCc2ccccc21)C(=O)O. The molecule has 1 unspecified atom stereocenters. The molecule has 3 aromatic rings. The predicted molar refractivity (Wildman–Crippen MR) is 111 cm³/mol. The normalized spacial score (nSPS) is 14.0. The molecule has 0 aliphatic carbocycles. The van der Waals surface area contributed by atoms with E-state index < -0.39 is 17.9 Å². The van der Waals surface area contributed by atoms with E-state index in [-0.39, 0.29) is 6.54 Å². The van der Waals surface area contributed by atoms with E-state index in [1.807, 2.05) is 40.6 Å². The summed E-state index contributed by atoms with van der Waals surface area (Å²) in [6.07, 6.45) is 0.884. The van der Waals surface area contributed by atoms with Crippen molar-refractivity contribution >= 4 is 40.2 Å². The molecule has 1 aliphatic rings. The van der Waals surface area contributed by atoms with Crippen LogP contribution in [0.15, 0.2) is 41.8 Å². The minimum Gasteiger partial charge on any atom is -0.480 e. The molecule has 2 N–H and O–H groups in total. The molecule has 0 saturated heterocycles. The number of thiazole rings is 1. The van der Waals surface area contributed by atoms with E-state index in [9.17, 15) is 14.7 Å². The first kappa shape index (κ1) is 18.6. The zero-order valence-electron chi connectivity index (χ0n) is 15.2. The number of benzene rings is 1. The van der Waals surface area contributed by atoms with E-state index in [0.717, 1.165) is 28.5 Å². The molecule has 1 aromatic carbocycles. The molecule has 0 fully saturated rings. The number of thiophene rings is 1. The number of rotatable bonds is 6. The van der Waals surface area contributed by atoms with E-state index in [0.29, 0.717) is 10.6 Å². The van der Waals surface area contributed by atoms with Crippen molar-refractivity contribution in [2.24, 2.45) is 0 Å². The maximum Gasteiger partial charge on any atom is 0.328 e. The fourth-order valence-corrected chi connectivity index (χ4v) is 5.10. The Labute approximate surface area is 170 Å². The molecular formula is C20H19N3O3S2. The Bertz CT molecular complexity index is 1010. The highest BCUT2D eigenvalue weighted by Crippen LogP contribution is 2.31. The van der Waals surface area contributed by atoms with E-state index in [2.05, 4.69) is 16.4 Å². The second kappa shape index (κ2) is 7.73. The maximum absolute atomic E-state index is 12.8. The highest BCUT2D eigenvalue weighted by Gasteiger charge is 2.28. The maximum atomic E-state index is 12.8. The molecule has 0 saturated carbocycles. The van der Waals surface area contributed by atoms with Crippen molar-refractivity contribution in [1.82, 2.24) is 10.3 Å². The van der Waals surface area contributed by atoms with Gasteiger partial charge in [-0.25, -0.2) is 9.78 Å². The Morgan fingerprint density at radius 1 is 1.29 bits per heavy atom. The van der Waals surface area contributed by atoms with Crippen molar-refractivity contribution < 1.29 is 14.7 Å². The van der Waals surface area contributed by atoms with E-state index >= 15 is 0 Å². The minimum atomic E-state index is -1.04. The molecule has 2 aromatic heterocycles. The smallest absolute Gasteiger partial charge is 0.328 e. The molecule has 1 atom stereocenters. The van der Waals surface area contributed by atoms with Crippen LogP contribution in [0.25, 0.3) is 9.88 Å². The third-order valence-electron chi connectivity index (χ3n) is 4.72. The first-order valence-electron chi connectivity index (χ1n) is 8.91. The zero-order chi connectivity index (χ0) is 19.7. The third-order valence-corrected chi connectivity index (χ3v) is 6.92. The largest absolute Gasteiger partial charge is 0.480 e. The number of aliphatic carboxylic acids is 1. The summed E-state index contributed by atoms with van der Waals surface area (Å²) in [4.78, 5) is 32.5. The summed E-state index contributed by atoms with van der Waals surface area (Å²) in [7, 11) is 0. The first-order chi connectivity index (χ1) is 13.5. The topological polar surface area (TPSA) is 82.5 Å². The van der Waals surface area contributed by atoms with E-state index in [4.69, 9.17) is 0 Å². The van der Waals surface area contributed by atoms with Crippen LogP contribution in [0.2, 0.25) is 0 Å². The van der Waals surface area contributed by atoms with Gasteiger partial charge in [0.25, 0.3) is 5.91 Å². The van der Waals surface area contributed by atoms with Gasteiger partial charge in [-0.3, -0.25) is 4.79 Å². The number of para-hydroxylation sites is 1. The average Bonchev–Trinajstić information content (AvgIpc) is 3.40. The second-order valence-corrected chi connectivity index (χ2v) is 8.55. The van der Waals surface area contributed by atoms with Crippen LogP contribution in [0.1, 0.15) is 20.9 Å². The van der Waals surface area contributed by atoms with Gasteiger partial charge in [-0.1, -0.05) is 24.3 Å². The Morgan fingerprint density at radius 3 is 2.86 bits per heavy atom. The zero-order valence-corrected chi connectivity index (χ0v) is 16.8. The Hall–Kier alpha value is -2.71. The standard InChI is InChI=1S/C20H19N3O3S2/c1-12-17(28-19(21-12)16-7-4-10-27-16)18(24)22-14(20(25)26)11-23-9-8-13-5-2-3-6-15(13)23/h2-7,10,14H,8-9,11H2,1H3,(H,22,24)(H,25,26). The van der Waals surface area contributed by atoms with Crippen LogP contribution in [-0.2, 0) is 11.2 Å². The summed E-state index contributed by atoms with van der Waals surface area (Å²) in [5.74, 6) is -1.43. The number of carboxylic acid groups (broad SMARTS) is 1. The van der Waals surface area contributed by atoms with Gasteiger partial charge < -0.3 is 15.3 Å². The van der Waals surface area contributed by atoms with Crippen molar-refractivity contribution in [2.45, 2.75) is 19.4 Å². The Balaban J connectivity index is 1.50. The number of nitrogens with zero attached hydrogens (tertiary/aromatic N) is 2. The van der Waals surface area contributed by atoms with Gasteiger partial charge in [0.1, 0.15) is 15.9 Å². The molecule has 6 nitrogen and oxygen atoms in total. The van der Waals surface area contributed by atoms with Crippen LogP contribution < -0.4 is 10.2 Å². The number of carbonyl (C=O) groups is 2. The molecule has 4 rings (SSSR count). The first-order valence-corrected chi connectivity index (χ1v) is 10.6. The van der Waals surface area contributed by atoms with Crippen molar-refractivity contribution in [3.8, 4) is 9.88 Å². The molecule has 144 valence electrons. The summed E-state index contributed by atoms with van der Waals surface area (Å²) in [5.41, 5.74) is 2.86. The van der Waals surface area contributed by atoms with Crippen LogP contribution in [0.4, 0.5) is 5.69 Å². The number of anilines is 1. The number of fused-ring (bicyclic) bond motifs is 1. The Morgan fingerprint density at radius 2 is 2.11 bits per heavy atom. The molecule has 8 heteroatoms. The summed E-state index contributed by atoms with van der Waals surface area (Å²) < 4.78 is 0. The number of carboxylic acids is 1. The van der Waals surface area contributed by atoms with Gasteiger partial charge in [-0.2, -0.15) is 0 Å². The van der Waals surface area contributed by atoms with Crippen molar-refractivity contribution in [3.05, 3.63) is 57.9 Å². The lowest BCUT2D eigenvalue weighted by Crippen LogP contribution is -2.48. The number of aryl methyl sites for hydroxylation is 1. The molecule has 3 heterocycles. The van der Waals surface area contributed by atoms with Gasteiger partial charge in [0.2, 0.25) is 0 Å². The van der Waals surface area contributed by atoms with Gasteiger partial charge in [-0.05, 0) is 36.4 Å². The molecule has 0 radical (unpaired) electrons. The number of nitrogens with one attached hydrogen (secondary N) is 1. The number of hydrogen-bond donors (Lipinski definition) is 2. The molecule has 0 bridgehead atoms. The predicted octanol–water partition coefficient (Wildman–Crippen LogP) is 3.43. The van der Waals surface area contributed by atoms with Crippen LogP contribution in [0.5, 0.6) is 0 Å². The average molecular weight is 414 g/mol. The van der Waals surface area contributed by atoms with Crippen LogP contribution in [0.3, 0.4) is 0 Å². The van der Waals surface area contributed by atoms with E-state index in [1.165, 1.54) is 16.9 Å². The number of carbonyl (C=O) groups excluding carboxylic acids is 1. The summed E-state index contributed by atoms with van der Waals surface area (Å²) in [5, 5.41) is 15.1. The molecular weight excluding hydrogens is 394 g/mol. The van der Waals surface area contributed by atoms with Gasteiger partial charge >= 0.3 is 5.97 Å². The monoisotopic (exact) mass is 413 g/mol.